The van der Waals surface area contributed by atoms with Crippen molar-refractivity contribution in [1.82, 2.24) is 4.40 Å². The lowest BCUT2D eigenvalue weighted by Crippen LogP contribution is -2.31. The van der Waals surface area contributed by atoms with Crippen molar-refractivity contribution in [3.05, 3.63) is 85.2 Å². The van der Waals surface area contributed by atoms with Gasteiger partial charge in [-0.3, -0.25) is 0 Å². The van der Waals surface area contributed by atoms with Crippen LogP contribution in [0.15, 0.2) is 85.2 Å². The third kappa shape index (κ3) is 2.36. The summed E-state index contributed by atoms with van der Waals surface area (Å²) in [6.07, 6.45) is 4.25. The summed E-state index contributed by atoms with van der Waals surface area (Å²) in [5.41, 5.74) is 3.44. The number of hydrogen-bond acceptors (Lipinski definition) is 1. The van der Waals surface area contributed by atoms with E-state index in [-0.39, 0.29) is 0 Å². The van der Waals surface area contributed by atoms with Gasteiger partial charge in [-0.2, -0.15) is 8.97 Å². The van der Waals surface area contributed by atoms with Gasteiger partial charge in [-0.15, -0.1) is 0 Å². The van der Waals surface area contributed by atoms with Gasteiger partial charge in [0.2, 0.25) is 0 Å². The molecule has 0 N–H and O–H groups in total. The fraction of sp³-hybridized carbons (Fsp3) is 0.0500. The number of fused-ring (bicyclic) bond motifs is 1. The van der Waals surface area contributed by atoms with Crippen LogP contribution in [0.1, 0.15) is 0 Å². The topological polar surface area (TPSA) is 17.5 Å². The quantitative estimate of drug-likeness (QED) is 0.525. The molecule has 2 aromatic heterocycles. The number of benzene rings is 2. The highest BCUT2D eigenvalue weighted by Crippen LogP contribution is 2.21. The van der Waals surface area contributed by atoms with Crippen LogP contribution in [0.3, 0.4) is 0 Å². The SMILES string of the molecule is COc1ccc(-[n+]2cc3ccccn3c2-c2ccccc2)cc1. The third-order valence-corrected chi connectivity index (χ3v) is 3.99. The van der Waals surface area contributed by atoms with E-state index < -0.39 is 0 Å². The standard InChI is InChI=1S/C20H17N2O/c1-23-19-12-10-17(11-13-19)22-15-18-9-5-6-14-21(18)20(22)16-7-3-2-4-8-16/h2-15H,1H3/q+1. The molecular formula is C20H17N2O+. The minimum absolute atomic E-state index is 0.861. The Morgan fingerprint density at radius 3 is 2.30 bits per heavy atom. The lowest BCUT2D eigenvalue weighted by molar-refractivity contribution is -0.582. The molecule has 0 spiro atoms. The van der Waals surface area contributed by atoms with Crippen LogP contribution in [0.5, 0.6) is 5.75 Å². The minimum atomic E-state index is 0.861. The molecule has 0 atom stereocenters. The lowest BCUT2D eigenvalue weighted by Gasteiger charge is -2.03. The number of nitrogens with zero attached hydrogens (tertiary/aromatic N) is 2. The highest BCUT2D eigenvalue weighted by Gasteiger charge is 2.21. The van der Waals surface area contributed by atoms with Crippen molar-refractivity contribution in [2.45, 2.75) is 0 Å². The molecule has 112 valence electrons. The van der Waals surface area contributed by atoms with Gasteiger partial charge in [-0.1, -0.05) is 24.3 Å². The molecule has 0 saturated heterocycles. The largest absolute Gasteiger partial charge is 0.497 e. The van der Waals surface area contributed by atoms with E-state index in [2.05, 4.69) is 76.0 Å². The second-order valence-electron chi connectivity index (χ2n) is 5.38. The van der Waals surface area contributed by atoms with Crippen LogP contribution in [0.4, 0.5) is 0 Å². The van der Waals surface area contributed by atoms with Gasteiger partial charge in [0.15, 0.2) is 5.52 Å². The van der Waals surface area contributed by atoms with Crippen molar-refractivity contribution in [2.24, 2.45) is 0 Å². The Morgan fingerprint density at radius 1 is 0.826 bits per heavy atom. The summed E-state index contributed by atoms with van der Waals surface area (Å²) >= 11 is 0. The molecule has 3 nitrogen and oxygen atoms in total. The van der Waals surface area contributed by atoms with Gasteiger partial charge in [-0.25, -0.2) is 0 Å². The number of methoxy groups -OCH3 is 1. The van der Waals surface area contributed by atoms with Gasteiger partial charge in [0.25, 0.3) is 5.82 Å². The van der Waals surface area contributed by atoms with Crippen LogP contribution in [0, 0.1) is 0 Å². The summed E-state index contributed by atoms with van der Waals surface area (Å²) in [5.74, 6) is 1.99. The number of rotatable bonds is 3. The normalized spacial score (nSPS) is 10.8. The fourth-order valence-electron chi connectivity index (χ4n) is 2.87. The molecule has 0 aliphatic heterocycles. The van der Waals surface area contributed by atoms with E-state index in [0.29, 0.717) is 0 Å². The molecule has 0 unspecified atom stereocenters. The molecule has 0 fully saturated rings. The number of ether oxygens (including phenoxy) is 1. The van der Waals surface area contributed by atoms with Crippen LogP contribution < -0.4 is 9.30 Å². The Kier molecular flexibility index (Phi) is 3.31. The molecule has 4 rings (SSSR count). The monoisotopic (exact) mass is 301 g/mol. The first kappa shape index (κ1) is 13.6. The summed E-state index contributed by atoms with van der Waals surface area (Å²) in [6.45, 7) is 0. The van der Waals surface area contributed by atoms with Crippen LogP contribution in [-0.2, 0) is 0 Å². The van der Waals surface area contributed by atoms with Gasteiger partial charge in [-0.05, 0) is 48.5 Å². The van der Waals surface area contributed by atoms with Crippen LogP contribution in [0.2, 0.25) is 0 Å². The molecule has 0 bridgehead atoms. The molecule has 0 aliphatic rings. The first-order valence-corrected chi connectivity index (χ1v) is 7.58. The summed E-state index contributed by atoms with van der Waals surface area (Å²) in [7, 11) is 1.68. The van der Waals surface area contributed by atoms with Crippen molar-refractivity contribution >= 4 is 5.52 Å². The van der Waals surface area contributed by atoms with Gasteiger partial charge < -0.3 is 4.74 Å². The van der Waals surface area contributed by atoms with E-state index in [4.69, 9.17) is 4.74 Å². The fourth-order valence-corrected chi connectivity index (χ4v) is 2.87. The Labute approximate surface area is 135 Å². The Morgan fingerprint density at radius 2 is 1.57 bits per heavy atom. The third-order valence-electron chi connectivity index (χ3n) is 3.99. The highest BCUT2D eigenvalue weighted by atomic mass is 16.5. The maximum atomic E-state index is 5.26. The average molecular weight is 301 g/mol. The van der Waals surface area contributed by atoms with Crippen LogP contribution >= 0.6 is 0 Å². The lowest BCUT2D eigenvalue weighted by atomic mass is 10.2. The predicted octanol–water partition coefficient (Wildman–Crippen LogP) is 3.89. The molecule has 3 heteroatoms. The van der Waals surface area contributed by atoms with Crippen LogP contribution in [-0.4, -0.2) is 11.5 Å². The molecule has 0 aliphatic carbocycles. The second kappa shape index (κ2) is 5.61. The average Bonchev–Trinajstić information content (AvgIpc) is 3.02. The smallest absolute Gasteiger partial charge is 0.299 e. The number of imidazole rings is 1. The molecule has 2 heterocycles. The molecule has 0 amide bonds. The first-order chi connectivity index (χ1) is 11.4. The summed E-state index contributed by atoms with van der Waals surface area (Å²) < 4.78 is 9.68. The highest BCUT2D eigenvalue weighted by molar-refractivity contribution is 5.59. The summed E-state index contributed by atoms with van der Waals surface area (Å²) in [4.78, 5) is 0. The van der Waals surface area contributed by atoms with Crippen molar-refractivity contribution in [1.29, 1.82) is 0 Å². The number of pyridine rings is 1. The van der Waals surface area contributed by atoms with Crippen molar-refractivity contribution in [2.75, 3.05) is 7.11 Å². The first-order valence-electron chi connectivity index (χ1n) is 7.58. The van der Waals surface area contributed by atoms with Gasteiger partial charge in [0, 0.05) is 0 Å². The van der Waals surface area contributed by atoms with Gasteiger partial charge in [0.05, 0.1) is 18.9 Å². The maximum absolute atomic E-state index is 5.26. The molecule has 4 aromatic rings. The summed E-state index contributed by atoms with van der Waals surface area (Å²) in [6, 6.07) is 24.8. The van der Waals surface area contributed by atoms with E-state index in [1.807, 2.05) is 18.2 Å². The zero-order valence-electron chi connectivity index (χ0n) is 12.9. The molecule has 0 radical (unpaired) electrons. The Bertz CT molecular complexity index is 940. The Hall–Kier alpha value is -3.07. The zero-order valence-corrected chi connectivity index (χ0v) is 12.9. The van der Waals surface area contributed by atoms with E-state index >= 15 is 0 Å². The maximum Gasteiger partial charge on any atom is 0.299 e. The van der Waals surface area contributed by atoms with Crippen molar-refractivity contribution in [3.63, 3.8) is 0 Å². The van der Waals surface area contributed by atoms with Crippen molar-refractivity contribution < 1.29 is 9.30 Å². The van der Waals surface area contributed by atoms with E-state index in [1.165, 1.54) is 5.56 Å². The van der Waals surface area contributed by atoms with E-state index in [1.54, 1.807) is 7.11 Å². The molecule has 2 aromatic carbocycles. The zero-order chi connectivity index (χ0) is 15.6. The van der Waals surface area contributed by atoms with E-state index in [0.717, 1.165) is 22.8 Å². The van der Waals surface area contributed by atoms with Crippen molar-refractivity contribution in [3.8, 4) is 22.8 Å². The minimum Gasteiger partial charge on any atom is -0.497 e. The second-order valence-corrected chi connectivity index (χ2v) is 5.38. The van der Waals surface area contributed by atoms with E-state index in [9.17, 15) is 0 Å². The number of hydrogen-bond donors (Lipinski definition) is 0. The predicted molar refractivity (Wildman–Crippen MR) is 90.9 cm³/mol. The van der Waals surface area contributed by atoms with Gasteiger partial charge >= 0.3 is 0 Å². The molecule has 23 heavy (non-hydrogen) atoms. The summed E-state index contributed by atoms with van der Waals surface area (Å²) in [5, 5.41) is 0. The molecule has 0 saturated carbocycles. The Balaban J connectivity index is 1.98. The number of aromatic nitrogens is 2. The molecular weight excluding hydrogens is 284 g/mol. The van der Waals surface area contributed by atoms with Gasteiger partial charge in [0.1, 0.15) is 17.6 Å². The van der Waals surface area contributed by atoms with Crippen LogP contribution in [0.25, 0.3) is 22.6 Å².